The van der Waals surface area contributed by atoms with Crippen LogP contribution in [0.15, 0.2) is 48.5 Å². The number of anilines is 1. The molecule has 0 saturated carbocycles. The van der Waals surface area contributed by atoms with Crippen LogP contribution < -0.4 is 9.64 Å². The molecule has 1 heterocycles. The maximum absolute atomic E-state index is 12.4. The molecule has 0 aliphatic carbocycles. The average molecular weight is 395 g/mol. The molecule has 1 amide bonds. The third-order valence-electron chi connectivity index (χ3n) is 4.88. The van der Waals surface area contributed by atoms with Gasteiger partial charge in [-0.05, 0) is 30.5 Å². The van der Waals surface area contributed by atoms with Crippen molar-refractivity contribution in [1.29, 1.82) is 0 Å². The second-order valence-corrected chi connectivity index (χ2v) is 7.33. The van der Waals surface area contributed by atoms with E-state index in [-0.39, 0.29) is 31.3 Å². The molecule has 0 radical (unpaired) electrons. The van der Waals surface area contributed by atoms with Gasteiger partial charge >= 0.3 is 5.97 Å². The maximum atomic E-state index is 12.4. The van der Waals surface area contributed by atoms with Gasteiger partial charge < -0.3 is 14.4 Å². The highest BCUT2D eigenvalue weighted by Gasteiger charge is 2.31. The Kier molecular flexibility index (Phi) is 6.32. The molecule has 29 heavy (non-hydrogen) atoms. The molecule has 6 nitrogen and oxygen atoms in total. The molecule has 0 N–H and O–H groups in total. The van der Waals surface area contributed by atoms with Gasteiger partial charge in [0.2, 0.25) is 0 Å². The van der Waals surface area contributed by atoms with Crippen LogP contribution in [0.5, 0.6) is 5.75 Å². The smallest absolute Gasteiger partial charge is 0.308 e. The van der Waals surface area contributed by atoms with Gasteiger partial charge in [-0.25, -0.2) is 0 Å². The zero-order valence-electron chi connectivity index (χ0n) is 16.9. The van der Waals surface area contributed by atoms with Crippen LogP contribution in [0.1, 0.15) is 49.0 Å². The van der Waals surface area contributed by atoms with E-state index in [0.29, 0.717) is 22.9 Å². The Hall–Kier alpha value is -3.15. The third-order valence-corrected chi connectivity index (χ3v) is 4.88. The molecule has 0 fully saturated rings. The minimum atomic E-state index is -0.615. The zero-order valence-corrected chi connectivity index (χ0v) is 16.9. The van der Waals surface area contributed by atoms with Gasteiger partial charge in [-0.3, -0.25) is 14.4 Å². The fourth-order valence-electron chi connectivity index (χ4n) is 3.15. The lowest BCUT2D eigenvalue weighted by molar-refractivity contribution is -0.142. The van der Waals surface area contributed by atoms with Gasteiger partial charge in [0.15, 0.2) is 18.5 Å². The number of amides is 1. The van der Waals surface area contributed by atoms with E-state index in [1.807, 2.05) is 18.2 Å². The van der Waals surface area contributed by atoms with Crippen molar-refractivity contribution in [3.05, 3.63) is 59.7 Å². The van der Waals surface area contributed by atoms with Crippen LogP contribution in [-0.4, -0.2) is 36.9 Å². The second kappa shape index (κ2) is 8.90. The van der Waals surface area contributed by atoms with Crippen LogP contribution in [0, 0.1) is 0 Å². The molecule has 152 valence electrons. The van der Waals surface area contributed by atoms with Crippen LogP contribution in [0.25, 0.3) is 0 Å². The largest absolute Gasteiger partial charge is 0.479 e. The van der Waals surface area contributed by atoms with Gasteiger partial charge in [-0.2, -0.15) is 0 Å². The van der Waals surface area contributed by atoms with Crippen molar-refractivity contribution in [2.24, 2.45) is 0 Å². The number of hydrogen-bond donors (Lipinski definition) is 0. The number of benzene rings is 2. The molecular weight excluding hydrogens is 370 g/mol. The molecule has 2 aromatic carbocycles. The van der Waals surface area contributed by atoms with E-state index < -0.39 is 12.1 Å². The number of carbonyl (C=O) groups excluding carboxylic acids is 3. The van der Waals surface area contributed by atoms with Gasteiger partial charge in [0.05, 0.1) is 12.1 Å². The van der Waals surface area contributed by atoms with Gasteiger partial charge in [0.25, 0.3) is 5.91 Å². The van der Waals surface area contributed by atoms with Gasteiger partial charge in [-0.1, -0.05) is 50.2 Å². The van der Waals surface area contributed by atoms with Gasteiger partial charge in [0, 0.05) is 12.1 Å². The van der Waals surface area contributed by atoms with Crippen molar-refractivity contribution < 1.29 is 23.9 Å². The number of ether oxygens (including phenoxy) is 2. The normalized spacial score (nSPS) is 15.7. The lowest BCUT2D eigenvalue weighted by atomic mass is 10.0. The minimum absolute atomic E-state index is 0.00758. The fraction of sp³-hybridized carbons (Fsp3) is 0.348. The first kappa shape index (κ1) is 20.6. The minimum Gasteiger partial charge on any atom is -0.479 e. The van der Waals surface area contributed by atoms with Crippen LogP contribution in [-0.2, 0) is 14.3 Å². The van der Waals surface area contributed by atoms with Crippen molar-refractivity contribution in [3.63, 3.8) is 0 Å². The van der Waals surface area contributed by atoms with Crippen LogP contribution in [0.3, 0.4) is 0 Å². The van der Waals surface area contributed by atoms with Gasteiger partial charge in [-0.15, -0.1) is 0 Å². The molecule has 1 aliphatic rings. The third kappa shape index (κ3) is 4.83. The van der Waals surface area contributed by atoms with Crippen molar-refractivity contribution >= 4 is 23.3 Å². The SMILES string of the molecule is CC1Oc2ccccc2N(CCC(=O)OCC(=O)c2ccc(C(C)C)cc2)C1=O. The lowest BCUT2D eigenvalue weighted by Gasteiger charge is -2.32. The van der Waals surface area contributed by atoms with E-state index in [1.54, 1.807) is 37.3 Å². The summed E-state index contributed by atoms with van der Waals surface area (Å²) < 4.78 is 10.7. The summed E-state index contributed by atoms with van der Waals surface area (Å²) in [4.78, 5) is 38.3. The molecule has 1 aliphatic heterocycles. The monoisotopic (exact) mass is 395 g/mol. The Balaban J connectivity index is 1.53. The van der Waals surface area contributed by atoms with Crippen molar-refractivity contribution in [2.45, 2.75) is 39.2 Å². The molecule has 3 rings (SSSR count). The summed E-state index contributed by atoms with van der Waals surface area (Å²) >= 11 is 0. The van der Waals surface area contributed by atoms with E-state index in [1.165, 1.54) is 4.90 Å². The summed E-state index contributed by atoms with van der Waals surface area (Å²) in [5.74, 6) is -0.00446. The number of Topliss-reactive ketones (excluding diaryl/α,β-unsaturated/α-hetero) is 1. The number of esters is 1. The Labute approximate surface area is 170 Å². The summed E-state index contributed by atoms with van der Waals surface area (Å²) in [5, 5.41) is 0. The Morgan fingerprint density at radius 3 is 2.48 bits per heavy atom. The zero-order chi connectivity index (χ0) is 21.0. The molecule has 6 heteroatoms. The van der Waals surface area contributed by atoms with Crippen molar-refractivity contribution in [2.75, 3.05) is 18.1 Å². The van der Waals surface area contributed by atoms with E-state index >= 15 is 0 Å². The molecule has 0 bridgehead atoms. The predicted octanol–water partition coefficient (Wildman–Crippen LogP) is 3.74. The first-order valence-corrected chi connectivity index (χ1v) is 9.72. The van der Waals surface area contributed by atoms with Crippen LogP contribution in [0.4, 0.5) is 5.69 Å². The molecule has 0 spiro atoms. The number of para-hydroxylation sites is 2. The lowest BCUT2D eigenvalue weighted by Crippen LogP contribution is -2.45. The van der Waals surface area contributed by atoms with Crippen LogP contribution in [0.2, 0.25) is 0 Å². The summed E-state index contributed by atoms with van der Waals surface area (Å²) in [6, 6.07) is 14.5. The van der Waals surface area contributed by atoms with E-state index in [0.717, 1.165) is 5.56 Å². The molecule has 1 unspecified atom stereocenters. The predicted molar refractivity (Wildman–Crippen MR) is 109 cm³/mol. The summed E-state index contributed by atoms with van der Waals surface area (Å²) in [7, 11) is 0. The number of rotatable bonds is 7. The highest BCUT2D eigenvalue weighted by molar-refractivity contribution is 6.00. The van der Waals surface area contributed by atoms with E-state index in [2.05, 4.69) is 13.8 Å². The number of nitrogens with zero attached hydrogens (tertiary/aromatic N) is 1. The van der Waals surface area contributed by atoms with Gasteiger partial charge in [0.1, 0.15) is 5.75 Å². The van der Waals surface area contributed by atoms with E-state index in [4.69, 9.17) is 9.47 Å². The van der Waals surface area contributed by atoms with Crippen LogP contribution >= 0.6 is 0 Å². The quantitative estimate of drug-likeness (QED) is 0.527. The number of fused-ring (bicyclic) bond motifs is 1. The first-order chi connectivity index (χ1) is 13.9. The second-order valence-electron chi connectivity index (χ2n) is 7.33. The fourth-order valence-corrected chi connectivity index (χ4v) is 3.15. The average Bonchev–Trinajstić information content (AvgIpc) is 2.72. The standard InChI is InChI=1S/C23H25NO5/c1-15(2)17-8-10-18(11-9-17)20(25)14-28-22(26)12-13-24-19-6-4-5-7-21(19)29-16(3)23(24)27/h4-11,15-16H,12-14H2,1-3H3. The topological polar surface area (TPSA) is 72.9 Å². The Morgan fingerprint density at radius 2 is 1.79 bits per heavy atom. The number of hydrogen-bond acceptors (Lipinski definition) is 5. The first-order valence-electron chi connectivity index (χ1n) is 9.72. The number of carbonyl (C=O) groups is 3. The summed E-state index contributed by atoms with van der Waals surface area (Å²) in [6.07, 6.45) is -0.622. The summed E-state index contributed by atoms with van der Waals surface area (Å²) in [5.41, 5.74) is 2.28. The molecule has 0 aromatic heterocycles. The maximum Gasteiger partial charge on any atom is 0.308 e. The van der Waals surface area contributed by atoms with E-state index in [9.17, 15) is 14.4 Å². The molecule has 0 saturated heterocycles. The highest BCUT2D eigenvalue weighted by Crippen LogP contribution is 2.33. The van der Waals surface area contributed by atoms with Crippen molar-refractivity contribution in [3.8, 4) is 5.75 Å². The molecular formula is C23H25NO5. The highest BCUT2D eigenvalue weighted by atomic mass is 16.5. The summed E-state index contributed by atoms with van der Waals surface area (Å²) in [6.45, 7) is 5.68. The Morgan fingerprint density at radius 1 is 1.10 bits per heavy atom. The molecule has 1 atom stereocenters. The van der Waals surface area contributed by atoms with Crippen molar-refractivity contribution in [1.82, 2.24) is 0 Å². The molecule has 2 aromatic rings. The number of ketones is 1. The Bertz CT molecular complexity index is 904.